The fraction of sp³-hybridized carbons (Fsp3) is 0.529. The molecule has 1 aromatic carbocycles. The van der Waals surface area contributed by atoms with E-state index in [0.29, 0.717) is 12.5 Å². The third-order valence-corrected chi connectivity index (χ3v) is 4.08. The minimum atomic E-state index is -0.245. The summed E-state index contributed by atoms with van der Waals surface area (Å²) >= 11 is 0. The third kappa shape index (κ3) is 4.31. The second-order valence-electron chi connectivity index (χ2n) is 5.80. The monoisotopic (exact) mass is 288 g/mol. The number of likely N-dealkylation sites (tertiary alicyclic amines) is 1. The first-order chi connectivity index (χ1) is 10.1. The van der Waals surface area contributed by atoms with Crippen molar-refractivity contribution in [2.24, 2.45) is 0 Å². The molecule has 0 unspecified atom stereocenters. The van der Waals surface area contributed by atoms with Crippen LogP contribution in [0.1, 0.15) is 51.1 Å². The lowest BCUT2D eigenvalue weighted by Gasteiger charge is -2.34. The number of hydrogen-bond donors (Lipinski definition) is 1. The first-order valence-electron chi connectivity index (χ1n) is 7.69. The lowest BCUT2D eigenvalue weighted by molar-refractivity contribution is -0.135. The Kier molecular flexibility index (Phi) is 5.37. The third-order valence-electron chi connectivity index (χ3n) is 4.08. The van der Waals surface area contributed by atoms with Crippen LogP contribution in [0.3, 0.4) is 0 Å². The van der Waals surface area contributed by atoms with E-state index in [4.69, 9.17) is 0 Å². The van der Waals surface area contributed by atoms with Crippen LogP contribution in [-0.4, -0.2) is 29.3 Å². The zero-order valence-corrected chi connectivity index (χ0v) is 12.8. The average Bonchev–Trinajstić information content (AvgIpc) is 2.47. The van der Waals surface area contributed by atoms with Crippen LogP contribution in [0.15, 0.2) is 30.3 Å². The quantitative estimate of drug-likeness (QED) is 0.926. The number of piperidine rings is 1. The molecule has 2 amide bonds. The summed E-state index contributed by atoms with van der Waals surface area (Å²) in [6.45, 7) is 4.43. The van der Waals surface area contributed by atoms with Gasteiger partial charge in [0.1, 0.15) is 0 Å². The SMILES string of the molecule is CC(=O)N[C@@H](CC(=O)N1CCCC[C@@H]1C)c1ccccc1. The highest BCUT2D eigenvalue weighted by molar-refractivity contribution is 5.79. The largest absolute Gasteiger partial charge is 0.349 e. The zero-order chi connectivity index (χ0) is 15.2. The van der Waals surface area contributed by atoms with Gasteiger partial charge in [-0.05, 0) is 31.7 Å². The molecule has 4 heteroatoms. The molecule has 0 aliphatic carbocycles. The molecule has 0 radical (unpaired) electrons. The number of carbonyl (C=O) groups excluding carboxylic acids is 2. The Labute approximate surface area is 126 Å². The first-order valence-corrected chi connectivity index (χ1v) is 7.69. The van der Waals surface area contributed by atoms with Crippen molar-refractivity contribution in [1.82, 2.24) is 10.2 Å². The van der Waals surface area contributed by atoms with E-state index in [0.717, 1.165) is 24.9 Å². The number of amides is 2. The van der Waals surface area contributed by atoms with Gasteiger partial charge in [-0.2, -0.15) is 0 Å². The van der Waals surface area contributed by atoms with Crippen LogP contribution in [0.25, 0.3) is 0 Å². The Morgan fingerprint density at radius 1 is 1.29 bits per heavy atom. The molecule has 2 atom stereocenters. The second kappa shape index (κ2) is 7.25. The van der Waals surface area contributed by atoms with Crippen molar-refractivity contribution in [3.05, 3.63) is 35.9 Å². The second-order valence-corrected chi connectivity index (χ2v) is 5.80. The van der Waals surface area contributed by atoms with Crippen molar-refractivity contribution >= 4 is 11.8 Å². The molecule has 4 nitrogen and oxygen atoms in total. The minimum absolute atomic E-state index is 0.108. The highest BCUT2D eigenvalue weighted by atomic mass is 16.2. The van der Waals surface area contributed by atoms with Crippen molar-refractivity contribution in [2.75, 3.05) is 6.54 Å². The highest BCUT2D eigenvalue weighted by Gasteiger charge is 2.26. The number of carbonyl (C=O) groups is 2. The van der Waals surface area contributed by atoms with Crippen molar-refractivity contribution in [2.45, 2.75) is 51.6 Å². The maximum Gasteiger partial charge on any atom is 0.225 e. The first kappa shape index (κ1) is 15.5. The van der Waals surface area contributed by atoms with E-state index in [1.165, 1.54) is 13.3 Å². The number of benzene rings is 1. The Balaban J connectivity index is 2.07. The van der Waals surface area contributed by atoms with Crippen molar-refractivity contribution in [3.63, 3.8) is 0 Å². The molecule has 0 spiro atoms. The van der Waals surface area contributed by atoms with Gasteiger partial charge >= 0.3 is 0 Å². The van der Waals surface area contributed by atoms with Gasteiger partial charge in [0, 0.05) is 19.5 Å². The van der Waals surface area contributed by atoms with E-state index in [2.05, 4.69) is 12.2 Å². The Morgan fingerprint density at radius 2 is 2.00 bits per heavy atom. The van der Waals surface area contributed by atoms with Gasteiger partial charge in [-0.25, -0.2) is 0 Å². The lowest BCUT2D eigenvalue weighted by Crippen LogP contribution is -2.43. The molecule has 1 heterocycles. The van der Waals surface area contributed by atoms with Crippen LogP contribution in [-0.2, 0) is 9.59 Å². The highest BCUT2D eigenvalue weighted by Crippen LogP contribution is 2.22. The predicted molar refractivity (Wildman–Crippen MR) is 82.6 cm³/mol. The van der Waals surface area contributed by atoms with Gasteiger partial charge in [-0.1, -0.05) is 30.3 Å². The fourth-order valence-electron chi connectivity index (χ4n) is 2.94. The molecule has 1 saturated heterocycles. The Bertz CT molecular complexity index is 487. The zero-order valence-electron chi connectivity index (χ0n) is 12.8. The summed E-state index contributed by atoms with van der Waals surface area (Å²) in [4.78, 5) is 25.9. The normalized spacial score (nSPS) is 19.9. The van der Waals surface area contributed by atoms with Crippen molar-refractivity contribution < 1.29 is 9.59 Å². The summed E-state index contributed by atoms with van der Waals surface area (Å²) in [7, 11) is 0. The fourth-order valence-corrected chi connectivity index (χ4v) is 2.94. The van der Waals surface area contributed by atoms with E-state index in [-0.39, 0.29) is 17.9 Å². The molecule has 0 bridgehead atoms. The van der Waals surface area contributed by atoms with Crippen LogP contribution >= 0.6 is 0 Å². The van der Waals surface area contributed by atoms with Gasteiger partial charge in [0.05, 0.1) is 12.5 Å². The number of rotatable bonds is 4. The molecular weight excluding hydrogens is 264 g/mol. The van der Waals surface area contributed by atoms with E-state index in [1.807, 2.05) is 35.2 Å². The summed E-state index contributed by atoms with van der Waals surface area (Å²) in [6, 6.07) is 9.76. The van der Waals surface area contributed by atoms with Crippen LogP contribution in [0.4, 0.5) is 0 Å². The molecule has 114 valence electrons. The van der Waals surface area contributed by atoms with Crippen molar-refractivity contribution in [3.8, 4) is 0 Å². The Hall–Kier alpha value is -1.84. The summed E-state index contributed by atoms with van der Waals surface area (Å²) in [6.07, 6.45) is 3.67. The Morgan fingerprint density at radius 3 is 2.62 bits per heavy atom. The van der Waals surface area contributed by atoms with Gasteiger partial charge in [0.15, 0.2) is 0 Å². The topological polar surface area (TPSA) is 49.4 Å². The molecule has 21 heavy (non-hydrogen) atoms. The van der Waals surface area contributed by atoms with Crippen LogP contribution in [0, 0.1) is 0 Å². The molecule has 0 aromatic heterocycles. The molecule has 1 fully saturated rings. The minimum Gasteiger partial charge on any atom is -0.349 e. The molecule has 1 aliphatic rings. The summed E-state index contributed by atoms with van der Waals surface area (Å²) in [5.74, 6) is 0.0214. The van der Waals surface area contributed by atoms with E-state index >= 15 is 0 Å². The molecule has 0 saturated carbocycles. The predicted octanol–water partition coefficient (Wildman–Crippen LogP) is 2.65. The maximum absolute atomic E-state index is 12.5. The van der Waals surface area contributed by atoms with Crippen molar-refractivity contribution in [1.29, 1.82) is 0 Å². The van der Waals surface area contributed by atoms with E-state index in [1.54, 1.807) is 0 Å². The molecular formula is C17H24N2O2. The number of nitrogens with zero attached hydrogens (tertiary/aromatic N) is 1. The van der Waals surface area contributed by atoms with Gasteiger partial charge in [0.25, 0.3) is 0 Å². The van der Waals surface area contributed by atoms with E-state index < -0.39 is 0 Å². The summed E-state index contributed by atoms with van der Waals surface area (Å²) in [5.41, 5.74) is 0.978. The van der Waals surface area contributed by atoms with Crippen LogP contribution < -0.4 is 5.32 Å². The maximum atomic E-state index is 12.5. The molecule has 2 rings (SSSR count). The standard InChI is InChI=1S/C17H24N2O2/c1-13-8-6-7-11-19(13)17(21)12-16(18-14(2)20)15-9-4-3-5-10-15/h3-5,9-10,13,16H,6-8,11-12H2,1-2H3,(H,18,20)/t13-,16-/m0/s1. The molecule has 1 aromatic rings. The van der Waals surface area contributed by atoms with Crippen LogP contribution in [0.5, 0.6) is 0 Å². The lowest BCUT2D eigenvalue weighted by atomic mass is 9.99. The van der Waals surface area contributed by atoms with Gasteiger partial charge in [-0.3, -0.25) is 9.59 Å². The number of hydrogen-bond acceptors (Lipinski definition) is 2. The molecule has 1 aliphatic heterocycles. The average molecular weight is 288 g/mol. The van der Waals surface area contributed by atoms with E-state index in [9.17, 15) is 9.59 Å². The van der Waals surface area contributed by atoms with Gasteiger partial charge in [-0.15, -0.1) is 0 Å². The van der Waals surface area contributed by atoms with Crippen LogP contribution in [0.2, 0.25) is 0 Å². The van der Waals surface area contributed by atoms with Gasteiger partial charge < -0.3 is 10.2 Å². The van der Waals surface area contributed by atoms with Gasteiger partial charge in [0.2, 0.25) is 11.8 Å². The number of nitrogens with one attached hydrogen (secondary N) is 1. The molecule has 1 N–H and O–H groups in total. The smallest absolute Gasteiger partial charge is 0.225 e. The summed E-state index contributed by atoms with van der Waals surface area (Å²) in [5, 5.41) is 2.89. The summed E-state index contributed by atoms with van der Waals surface area (Å²) < 4.78 is 0.